The number of alkyl halides is 2. The zero-order chi connectivity index (χ0) is 23.7. The summed E-state index contributed by atoms with van der Waals surface area (Å²) in [6, 6.07) is 0. The van der Waals surface area contributed by atoms with Gasteiger partial charge in [-0.2, -0.15) is 10.2 Å². The number of nitrogens with one attached hydrogen (secondary N) is 2. The van der Waals surface area contributed by atoms with Crippen molar-refractivity contribution in [3.8, 4) is 0 Å². The highest BCUT2D eigenvalue weighted by atomic mass is 79.9. The first-order valence-corrected chi connectivity index (χ1v) is 13.3. The SMILES string of the molecule is CC1(C)[C@@H]2CC[C@]1(C)C(=NNC(=O)/C=C\C(=O)NN=C1[C@@H](Br)[C@@H]3CC[C@@]1(C)C3(C)C)[C@H]2Br. The Morgan fingerprint density at radius 3 is 1.41 bits per heavy atom. The molecule has 0 aromatic heterocycles. The van der Waals surface area contributed by atoms with Gasteiger partial charge in [-0.1, -0.05) is 73.4 Å². The highest BCUT2D eigenvalue weighted by Crippen LogP contribution is 2.66. The molecule has 0 aromatic rings. The van der Waals surface area contributed by atoms with Gasteiger partial charge in [0, 0.05) is 23.0 Å². The number of amides is 2. The number of rotatable bonds is 4. The molecule has 176 valence electrons. The van der Waals surface area contributed by atoms with Gasteiger partial charge >= 0.3 is 0 Å². The lowest BCUT2D eigenvalue weighted by atomic mass is 9.70. The summed E-state index contributed by atoms with van der Waals surface area (Å²) in [6.07, 6.45) is 6.90. The van der Waals surface area contributed by atoms with E-state index in [1.54, 1.807) is 0 Å². The van der Waals surface area contributed by atoms with Gasteiger partial charge in [0.1, 0.15) is 0 Å². The minimum Gasteiger partial charge on any atom is -0.268 e. The summed E-state index contributed by atoms with van der Waals surface area (Å²) in [5.41, 5.74) is 7.41. The lowest BCUT2D eigenvalue weighted by Gasteiger charge is -2.34. The van der Waals surface area contributed by atoms with Crippen molar-refractivity contribution in [3.63, 3.8) is 0 Å². The highest BCUT2D eigenvalue weighted by molar-refractivity contribution is 9.10. The molecule has 4 aliphatic carbocycles. The second-order valence-electron chi connectivity index (χ2n) is 11.5. The molecular formula is C24H34Br2N4O2. The van der Waals surface area contributed by atoms with E-state index in [1.165, 1.54) is 25.0 Å². The van der Waals surface area contributed by atoms with Gasteiger partial charge in [0.2, 0.25) is 0 Å². The van der Waals surface area contributed by atoms with Gasteiger partial charge in [0.05, 0.1) is 21.1 Å². The van der Waals surface area contributed by atoms with E-state index >= 15 is 0 Å². The van der Waals surface area contributed by atoms with E-state index in [2.05, 4.69) is 94.5 Å². The van der Waals surface area contributed by atoms with Crippen LogP contribution in [0.2, 0.25) is 0 Å². The van der Waals surface area contributed by atoms with E-state index in [0.717, 1.165) is 24.3 Å². The van der Waals surface area contributed by atoms with E-state index in [-0.39, 0.29) is 31.3 Å². The van der Waals surface area contributed by atoms with Crippen molar-refractivity contribution in [2.75, 3.05) is 0 Å². The summed E-state index contributed by atoms with van der Waals surface area (Å²) in [7, 11) is 0. The summed E-state index contributed by atoms with van der Waals surface area (Å²) >= 11 is 7.57. The summed E-state index contributed by atoms with van der Waals surface area (Å²) in [6.45, 7) is 13.6. The molecule has 0 heterocycles. The van der Waals surface area contributed by atoms with E-state index < -0.39 is 11.8 Å². The average molecular weight is 570 g/mol. The fraction of sp³-hybridized carbons (Fsp3) is 0.750. The van der Waals surface area contributed by atoms with Gasteiger partial charge in [-0.15, -0.1) is 0 Å². The first-order chi connectivity index (χ1) is 14.8. The van der Waals surface area contributed by atoms with Crippen molar-refractivity contribution in [2.45, 2.75) is 76.9 Å². The molecule has 2 amide bonds. The molecule has 4 saturated carbocycles. The molecule has 0 aromatic carbocycles. The lowest BCUT2D eigenvalue weighted by molar-refractivity contribution is -0.118. The van der Waals surface area contributed by atoms with Gasteiger partial charge < -0.3 is 0 Å². The first-order valence-electron chi connectivity index (χ1n) is 11.5. The van der Waals surface area contributed by atoms with Gasteiger partial charge in [-0.25, -0.2) is 10.9 Å². The number of hydrogen-bond acceptors (Lipinski definition) is 4. The van der Waals surface area contributed by atoms with Crippen LogP contribution in [-0.4, -0.2) is 32.9 Å². The van der Waals surface area contributed by atoms with Crippen LogP contribution in [0.4, 0.5) is 0 Å². The van der Waals surface area contributed by atoms with Crippen LogP contribution in [0.15, 0.2) is 22.4 Å². The smallest absolute Gasteiger partial charge is 0.264 e. The second-order valence-corrected chi connectivity index (χ2v) is 13.5. The third kappa shape index (κ3) is 3.22. The number of carbonyl (C=O) groups excluding carboxylic acids is 2. The molecule has 4 fully saturated rings. The molecule has 4 bridgehead atoms. The Bertz CT molecular complexity index is 866. The van der Waals surface area contributed by atoms with Gasteiger partial charge in [0.25, 0.3) is 11.8 Å². The third-order valence-corrected chi connectivity index (χ3v) is 12.1. The van der Waals surface area contributed by atoms with Gasteiger partial charge in [-0.05, 0) is 48.3 Å². The molecule has 0 aliphatic heterocycles. The number of fused-ring (bicyclic) bond motifs is 4. The number of carbonyl (C=O) groups is 2. The monoisotopic (exact) mass is 568 g/mol. The minimum atomic E-state index is -0.421. The average Bonchev–Trinajstić information content (AvgIpc) is 3.19. The van der Waals surface area contributed by atoms with E-state index in [4.69, 9.17) is 0 Å². The van der Waals surface area contributed by atoms with Crippen LogP contribution in [0, 0.1) is 33.5 Å². The van der Waals surface area contributed by atoms with Crippen LogP contribution in [-0.2, 0) is 9.59 Å². The fourth-order valence-corrected chi connectivity index (χ4v) is 9.90. The van der Waals surface area contributed by atoms with Gasteiger partial charge in [0.15, 0.2) is 0 Å². The fourth-order valence-electron chi connectivity index (χ4n) is 6.83. The van der Waals surface area contributed by atoms with Crippen molar-refractivity contribution in [3.05, 3.63) is 12.2 Å². The van der Waals surface area contributed by atoms with E-state index in [0.29, 0.717) is 11.8 Å². The Morgan fingerprint density at radius 1 is 0.781 bits per heavy atom. The van der Waals surface area contributed by atoms with Crippen molar-refractivity contribution in [2.24, 2.45) is 43.7 Å². The lowest BCUT2D eigenvalue weighted by Crippen LogP contribution is -2.36. The minimum absolute atomic E-state index is 0.0346. The molecule has 4 aliphatic rings. The summed E-state index contributed by atoms with van der Waals surface area (Å²) < 4.78 is 0. The topological polar surface area (TPSA) is 82.9 Å². The van der Waals surface area contributed by atoms with Crippen LogP contribution < -0.4 is 10.9 Å². The zero-order valence-electron chi connectivity index (χ0n) is 19.8. The first kappa shape index (κ1) is 24.1. The zero-order valence-corrected chi connectivity index (χ0v) is 22.9. The highest BCUT2D eigenvalue weighted by Gasteiger charge is 2.65. The molecule has 0 unspecified atom stereocenters. The third-order valence-electron chi connectivity index (χ3n) is 9.93. The van der Waals surface area contributed by atoms with Crippen LogP contribution in [0.3, 0.4) is 0 Å². The maximum Gasteiger partial charge on any atom is 0.264 e. The summed E-state index contributed by atoms with van der Waals surface area (Å²) in [5.74, 6) is 0.185. The quantitative estimate of drug-likeness (QED) is 0.286. The predicted octanol–water partition coefficient (Wildman–Crippen LogP) is 4.93. The van der Waals surface area contributed by atoms with Crippen molar-refractivity contribution >= 4 is 55.1 Å². The van der Waals surface area contributed by atoms with Crippen LogP contribution in [0.5, 0.6) is 0 Å². The Labute approximate surface area is 207 Å². The summed E-state index contributed by atoms with van der Waals surface area (Å²) in [4.78, 5) is 24.9. The largest absolute Gasteiger partial charge is 0.268 e. The van der Waals surface area contributed by atoms with Crippen LogP contribution in [0.25, 0.3) is 0 Å². The molecule has 8 heteroatoms. The molecule has 6 atom stereocenters. The number of halogens is 2. The van der Waals surface area contributed by atoms with Crippen molar-refractivity contribution in [1.29, 1.82) is 0 Å². The molecule has 32 heavy (non-hydrogen) atoms. The Morgan fingerprint density at radius 2 is 1.12 bits per heavy atom. The van der Waals surface area contributed by atoms with Gasteiger partial charge in [-0.3, -0.25) is 9.59 Å². The molecule has 0 spiro atoms. The number of hydrogen-bond donors (Lipinski definition) is 2. The predicted molar refractivity (Wildman–Crippen MR) is 135 cm³/mol. The van der Waals surface area contributed by atoms with Crippen LogP contribution >= 0.6 is 31.9 Å². The number of hydrazone groups is 2. The molecule has 2 N–H and O–H groups in total. The van der Waals surface area contributed by atoms with Crippen molar-refractivity contribution in [1.82, 2.24) is 10.9 Å². The van der Waals surface area contributed by atoms with Crippen molar-refractivity contribution < 1.29 is 9.59 Å². The Hall–Kier alpha value is -1.02. The maximum atomic E-state index is 12.3. The Kier molecular flexibility index (Phi) is 5.84. The molecule has 0 saturated heterocycles. The van der Waals surface area contributed by atoms with E-state index in [1.807, 2.05) is 0 Å². The molecule has 4 rings (SSSR count). The molecule has 0 radical (unpaired) electrons. The molecule has 6 nitrogen and oxygen atoms in total. The van der Waals surface area contributed by atoms with E-state index in [9.17, 15) is 9.59 Å². The standard InChI is InChI=1S/C24H34Br2N4O2/c1-21(2)13-9-11-23(21,5)19(17(13)25)29-27-15(31)7-8-16(32)28-30-20-18(26)14-10-12-24(20,6)22(14,3)4/h7-8,13-14,17-18H,9-12H2,1-6H3,(H,27,31)(H,28,32)/b8-7-,29-19?,30-20?/t13-,14+,17-,18-,23+,24+/m0/s1. The summed E-state index contributed by atoms with van der Waals surface area (Å²) in [5, 5.41) is 8.91. The second kappa shape index (κ2) is 7.76. The normalized spacial score (nSPS) is 43.5. The molecular weight excluding hydrogens is 536 g/mol. The van der Waals surface area contributed by atoms with Crippen LogP contribution in [0.1, 0.15) is 67.2 Å². The number of nitrogens with zero attached hydrogens (tertiary/aromatic N) is 2. The Balaban J connectivity index is 1.37. The maximum absolute atomic E-state index is 12.3.